The summed E-state index contributed by atoms with van der Waals surface area (Å²) in [5, 5.41) is 2.73. The van der Waals surface area contributed by atoms with Crippen LogP contribution in [0.15, 0.2) is 0 Å². The van der Waals surface area contributed by atoms with Crippen molar-refractivity contribution in [3.63, 3.8) is 0 Å². The van der Waals surface area contributed by atoms with Gasteiger partial charge in [0, 0.05) is 13.0 Å². The van der Waals surface area contributed by atoms with Crippen LogP contribution in [-0.2, 0) is 4.79 Å². The molecule has 0 aromatic heterocycles. The van der Waals surface area contributed by atoms with Crippen LogP contribution >= 0.6 is 0 Å². The fraction of sp³-hybridized carbons (Fsp3) is 0.909. The number of alkyl halides is 2. The first-order valence-electron chi connectivity index (χ1n) is 5.38. The van der Waals surface area contributed by atoms with Crippen molar-refractivity contribution >= 4 is 5.91 Å². The van der Waals surface area contributed by atoms with Gasteiger partial charge in [0.15, 0.2) is 0 Å². The highest BCUT2D eigenvalue weighted by atomic mass is 19.3. The van der Waals surface area contributed by atoms with Crippen molar-refractivity contribution < 1.29 is 13.6 Å². The minimum Gasteiger partial charge on any atom is -0.352 e. The van der Waals surface area contributed by atoms with Gasteiger partial charge >= 0.3 is 0 Å². The molecule has 0 bridgehead atoms. The molecule has 0 heterocycles. The summed E-state index contributed by atoms with van der Waals surface area (Å²) in [5.41, 5.74) is -1.31. The zero-order chi connectivity index (χ0) is 11.5. The van der Waals surface area contributed by atoms with Crippen molar-refractivity contribution in [1.82, 2.24) is 5.32 Å². The fourth-order valence-corrected chi connectivity index (χ4v) is 1.80. The third kappa shape index (κ3) is 1.64. The van der Waals surface area contributed by atoms with Crippen LogP contribution in [0.2, 0.25) is 0 Å². The first-order chi connectivity index (χ1) is 6.69. The van der Waals surface area contributed by atoms with Crippen molar-refractivity contribution in [3.8, 4) is 0 Å². The summed E-state index contributed by atoms with van der Waals surface area (Å²) < 4.78 is 26.3. The Morgan fingerprint density at radius 1 is 1.33 bits per heavy atom. The topological polar surface area (TPSA) is 29.1 Å². The number of hydrogen-bond acceptors (Lipinski definition) is 1. The molecule has 4 heteroatoms. The Morgan fingerprint density at radius 3 is 2.20 bits per heavy atom. The monoisotopic (exact) mass is 217 g/mol. The second kappa shape index (κ2) is 2.71. The summed E-state index contributed by atoms with van der Waals surface area (Å²) in [7, 11) is 0. The number of carbonyl (C=O) groups excluding carboxylic acids is 1. The van der Waals surface area contributed by atoms with Crippen molar-refractivity contribution in [2.75, 3.05) is 0 Å². The number of nitrogens with one attached hydrogen (secondary N) is 1. The lowest BCUT2D eigenvalue weighted by atomic mass is 9.85. The largest absolute Gasteiger partial charge is 0.352 e. The van der Waals surface area contributed by atoms with Crippen LogP contribution in [0.1, 0.15) is 40.0 Å². The van der Waals surface area contributed by atoms with E-state index in [0.29, 0.717) is 5.41 Å². The second-order valence-corrected chi connectivity index (χ2v) is 5.61. The minimum absolute atomic E-state index is 0.159. The molecule has 1 spiro atoms. The maximum atomic E-state index is 13.2. The molecule has 0 radical (unpaired) electrons. The molecule has 1 amide bonds. The van der Waals surface area contributed by atoms with E-state index < -0.39 is 17.2 Å². The maximum absolute atomic E-state index is 13.2. The van der Waals surface area contributed by atoms with Gasteiger partial charge in [-0.1, -0.05) is 0 Å². The van der Waals surface area contributed by atoms with Gasteiger partial charge in [0.05, 0.1) is 0 Å². The predicted octanol–water partition coefficient (Wildman–Crippen LogP) is 2.34. The lowest BCUT2D eigenvalue weighted by molar-refractivity contribution is -0.151. The Labute approximate surface area is 88.4 Å². The zero-order valence-electron chi connectivity index (χ0n) is 9.36. The average Bonchev–Trinajstić information content (AvgIpc) is 2.93. The van der Waals surface area contributed by atoms with Crippen LogP contribution in [0.3, 0.4) is 0 Å². The Morgan fingerprint density at radius 2 is 1.87 bits per heavy atom. The number of halogens is 2. The molecular weight excluding hydrogens is 200 g/mol. The smallest absolute Gasteiger partial charge is 0.259 e. The third-order valence-electron chi connectivity index (χ3n) is 4.05. The Bertz CT molecular complexity index is 302. The minimum atomic E-state index is -2.98. The van der Waals surface area contributed by atoms with Gasteiger partial charge in [-0.15, -0.1) is 0 Å². The molecule has 2 fully saturated rings. The summed E-state index contributed by atoms with van der Waals surface area (Å²) in [4.78, 5) is 11.7. The molecule has 0 unspecified atom stereocenters. The predicted molar refractivity (Wildman–Crippen MR) is 52.6 cm³/mol. The Hall–Kier alpha value is -0.670. The van der Waals surface area contributed by atoms with Gasteiger partial charge in [-0.05, 0) is 38.5 Å². The van der Waals surface area contributed by atoms with Crippen LogP contribution in [0.4, 0.5) is 8.78 Å². The molecule has 0 saturated heterocycles. The van der Waals surface area contributed by atoms with Crippen LogP contribution < -0.4 is 5.32 Å². The summed E-state index contributed by atoms with van der Waals surface area (Å²) in [6.07, 6.45) is 3.26. The van der Waals surface area contributed by atoms with E-state index in [0.717, 1.165) is 26.2 Å². The molecular formula is C11H17F2NO. The molecule has 2 aliphatic carbocycles. The van der Waals surface area contributed by atoms with E-state index in [9.17, 15) is 13.6 Å². The summed E-state index contributed by atoms with van der Waals surface area (Å²) in [6, 6.07) is 0.159. The van der Waals surface area contributed by atoms with Crippen molar-refractivity contribution in [1.29, 1.82) is 0 Å². The highest BCUT2D eigenvalue weighted by Gasteiger charge is 2.64. The van der Waals surface area contributed by atoms with Gasteiger partial charge in [-0.25, -0.2) is 8.78 Å². The van der Waals surface area contributed by atoms with Gasteiger partial charge in [0.1, 0.15) is 5.41 Å². The van der Waals surface area contributed by atoms with E-state index in [1.807, 2.05) is 0 Å². The van der Waals surface area contributed by atoms with Gasteiger partial charge in [0.25, 0.3) is 5.92 Å². The highest BCUT2D eigenvalue weighted by molar-refractivity contribution is 5.83. The Balaban J connectivity index is 1.95. The average molecular weight is 217 g/mol. The van der Waals surface area contributed by atoms with Crippen molar-refractivity contribution in [3.05, 3.63) is 0 Å². The third-order valence-corrected chi connectivity index (χ3v) is 4.05. The molecule has 1 atom stereocenters. The molecule has 2 saturated carbocycles. The normalized spacial score (nSPS) is 27.7. The van der Waals surface area contributed by atoms with Gasteiger partial charge < -0.3 is 5.32 Å². The molecule has 2 rings (SSSR count). The molecule has 2 nitrogen and oxygen atoms in total. The van der Waals surface area contributed by atoms with E-state index in [1.54, 1.807) is 0 Å². The SMILES string of the molecule is CC(F)(F)C(C)(C)C(=O)N[C@@H]1CC12CC2. The number of hydrogen-bond donors (Lipinski definition) is 1. The molecule has 0 aromatic carbocycles. The van der Waals surface area contributed by atoms with Gasteiger partial charge in [-0.3, -0.25) is 4.79 Å². The number of amides is 1. The van der Waals surface area contributed by atoms with Crippen LogP contribution in [0.5, 0.6) is 0 Å². The molecule has 15 heavy (non-hydrogen) atoms. The van der Waals surface area contributed by atoms with Gasteiger partial charge in [-0.2, -0.15) is 0 Å². The highest BCUT2D eigenvalue weighted by Crippen LogP contribution is 2.66. The first-order valence-corrected chi connectivity index (χ1v) is 5.38. The number of rotatable bonds is 3. The van der Waals surface area contributed by atoms with Crippen LogP contribution in [0, 0.1) is 10.8 Å². The second-order valence-electron chi connectivity index (χ2n) is 5.61. The van der Waals surface area contributed by atoms with Crippen molar-refractivity contribution in [2.24, 2.45) is 10.8 Å². The zero-order valence-corrected chi connectivity index (χ0v) is 9.36. The number of carbonyl (C=O) groups is 1. The lowest BCUT2D eigenvalue weighted by Gasteiger charge is -2.29. The van der Waals surface area contributed by atoms with Crippen molar-refractivity contribution in [2.45, 2.75) is 52.0 Å². The lowest BCUT2D eigenvalue weighted by Crippen LogP contribution is -2.48. The maximum Gasteiger partial charge on any atom is 0.259 e. The summed E-state index contributed by atoms with van der Waals surface area (Å²) >= 11 is 0. The molecule has 0 aromatic rings. The van der Waals surface area contributed by atoms with E-state index in [4.69, 9.17) is 0 Å². The molecule has 1 N–H and O–H groups in total. The molecule has 86 valence electrons. The molecule has 2 aliphatic rings. The van der Waals surface area contributed by atoms with E-state index in [1.165, 1.54) is 13.8 Å². The quantitative estimate of drug-likeness (QED) is 0.772. The van der Waals surface area contributed by atoms with E-state index in [2.05, 4.69) is 5.32 Å². The summed E-state index contributed by atoms with van der Waals surface area (Å²) in [6.45, 7) is 3.39. The Kier molecular flexibility index (Phi) is 1.96. The summed E-state index contributed by atoms with van der Waals surface area (Å²) in [5.74, 6) is -3.51. The first kappa shape index (κ1) is 10.8. The van der Waals surface area contributed by atoms with Crippen LogP contribution in [-0.4, -0.2) is 17.9 Å². The fourth-order valence-electron chi connectivity index (χ4n) is 1.80. The van der Waals surface area contributed by atoms with Gasteiger partial charge in [0.2, 0.25) is 5.91 Å². The standard InChI is InChI=1S/C11H17F2NO/c1-9(2,10(3,12)13)8(15)14-7-6-11(7)4-5-11/h7H,4-6H2,1-3H3,(H,14,15)/t7-/m1/s1. The molecule has 0 aliphatic heterocycles. The van der Waals surface area contributed by atoms with Crippen LogP contribution in [0.25, 0.3) is 0 Å². The van der Waals surface area contributed by atoms with E-state index in [-0.39, 0.29) is 6.04 Å². The van der Waals surface area contributed by atoms with E-state index >= 15 is 0 Å².